The highest BCUT2D eigenvalue weighted by atomic mass is 16.5. The predicted octanol–water partition coefficient (Wildman–Crippen LogP) is 4.11. The second-order valence-corrected chi connectivity index (χ2v) is 7.98. The fourth-order valence-electron chi connectivity index (χ4n) is 4.16. The van der Waals surface area contributed by atoms with Gasteiger partial charge in [0.2, 0.25) is 0 Å². The van der Waals surface area contributed by atoms with E-state index in [1.165, 1.54) is 23.8 Å². The molecule has 1 aromatic carbocycles. The monoisotopic (exact) mass is 417 g/mol. The van der Waals surface area contributed by atoms with Crippen molar-refractivity contribution < 1.29 is 18.7 Å². The number of carbonyl (C=O) groups is 2. The lowest BCUT2D eigenvalue weighted by Gasteiger charge is -2.24. The summed E-state index contributed by atoms with van der Waals surface area (Å²) in [6.07, 6.45) is 6.50. The van der Waals surface area contributed by atoms with Crippen LogP contribution in [-0.4, -0.2) is 25.4 Å². The zero-order valence-corrected chi connectivity index (χ0v) is 17.9. The highest BCUT2D eigenvalue weighted by molar-refractivity contribution is 6.29. The number of esters is 1. The maximum Gasteiger partial charge on any atom is 0.351 e. The first-order chi connectivity index (χ1) is 14.8. The van der Waals surface area contributed by atoms with Gasteiger partial charge in [0.25, 0.3) is 0 Å². The molecule has 158 valence electrons. The van der Waals surface area contributed by atoms with Crippen molar-refractivity contribution in [2.75, 3.05) is 18.6 Å². The van der Waals surface area contributed by atoms with E-state index in [1.54, 1.807) is 13.0 Å². The largest absolute Gasteiger partial charge is 0.462 e. The smallest absolute Gasteiger partial charge is 0.351 e. The molecule has 4 rings (SSSR count). The first-order valence-corrected chi connectivity index (χ1v) is 10.1. The number of rotatable bonds is 3. The van der Waals surface area contributed by atoms with Gasteiger partial charge in [-0.2, -0.15) is 0 Å². The summed E-state index contributed by atoms with van der Waals surface area (Å²) in [6, 6.07) is 9.57. The summed E-state index contributed by atoms with van der Waals surface area (Å²) in [5, 5.41) is 0. The Morgan fingerprint density at radius 1 is 1.16 bits per heavy atom. The van der Waals surface area contributed by atoms with Gasteiger partial charge < -0.3 is 14.1 Å². The molecule has 0 unspecified atom stereocenters. The highest BCUT2D eigenvalue weighted by Gasteiger charge is 2.38. The van der Waals surface area contributed by atoms with Crippen LogP contribution < -0.4 is 10.5 Å². The van der Waals surface area contributed by atoms with Crippen molar-refractivity contribution in [2.24, 2.45) is 0 Å². The molecule has 6 heteroatoms. The molecule has 2 heterocycles. The molecule has 0 atom stereocenters. The van der Waals surface area contributed by atoms with Gasteiger partial charge in [0, 0.05) is 29.4 Å². The number of ketones is 1. The number of para-hydroxylation sites is 1. The molecular weight excluding hydrogens is 394 g/mol. The molecule has 0 bridgehead atoms. The van der Waals surface area contributed by atoms with Gasteiger partial charge >= 0.3 is 11.6 Å². The van der Waals surface area contributed by atoms with E-state index in [9.17, 15) is 14.4 Å². The molecule has 0 amide bonds. The Balaban J connectivity index is 1.79. The van der Waals surface area contributed by atoms with Crippen LogP contribution in [0.3, 0.4) is 0 Å². The lowest BCUT2D eigenvalue weighted by molar-refractivity contribution is -0.109. The summed E-state index contributed by atoms with van der Waals surface area (Å²) in [5.41, 5.74) is 2.78. The number of fused-ring (bicyclic) bond motifs is 2. The van der Waals surface area contributed by atoms with Crippen LogP contribution in [0.1, 0.15) is 48.0 Å². The zero-order chi connectivity index (χ0) is 22.3. The highest BCUT2D eigenvalue weighted by Crippen LogP contribution is 2.46. The summed E-state index contributed by atoms with van der Waals surface area (Å²) in [6.45, 7) is 6.06. The average Bonchev–Trinajstić information content (AvgIpc) is 2.93. The van der Waals surface area contributed by atoms with Crippen molar-refractivity contribution in [1.82, 2.24) is 0 Å². The van der Waals surface area contributed by atoms with Crippen molar-refractivity contribution >= 4 is 29.1 Å². The van der Waals surface area contributed by atoms with E-state index < -0.39 is 11.6 Å². The summed E-state index contributed by atoms with van der Waals surface area (Å²) < 4.78 is 10.3. The van der Waals surface area contributed by atoms with Gasteiger partial charge in [-0.1, -0.05) is 32.0 Å². The van der Waals surface area contributed by atoms with Gasteiger partial charge in [-0.3, -0.25) is 4.79 Å². The van der Waals surface area contributed by atoms with E-state index in [0.29, 0.717) is 5.56 Å². The second kappa shape index (κ2) is 7.54. The second-order valence-electron chi connectivity index (χ2n) is 7.98. The van der Waals surface area contributed by atoms with Crippen LogP contribution in [0, 0.1) is 0 Å². The Morgan fingerprint density at radius 3 is 2.61 bits per heavy atom. The SMILES string of the molecule is CCOC(=O)c1cc2c(oc1=O)C(=CC=C1N(C)c3ccccc3C1(C)C)C(=O)C=C2. The maximum absolute atomic E-state index is 12.6. The first kappa shape index (κ1) is 20.6. The number of ether oxygens (including phenoxy) is 1. The van der Waals surface area contributed by atoms with E-state index >= 15 is 0 Å². The average molecular weight is 417 g/mol. The normalized spacial score (nSPS) is 19.0. The van der Waals surface area contributed by atoms with E-state index in [0.717, 1.165) is 11.4 Å². The molecule has 2 aliphatic rings. The molecule has 6 nitrogen and oxygen atoms in total. The molecule has 0 N–H and O–H groups in total. The molecule has 1 aromatic heterocycles. The zero-order valence-electron chi connectivity index (χ0n) is 17.9. The van der Waals surface area contributed by atoms with E-state index in [2.05, 4.69) is 30.9 Å². The number of hydrogen-bond acceptors (Lipinski definition) is 6. The molecule has 0 radical (unpaired) electrons. The van der Waals surface area contributed by atoms with Crippen molar-refractivity contribution in [1.29, 1.82) is 0 Å². The minimum atomic E-state index is -0.829. The lowest BCUT2D eigenvalue weighted by Crippen LogP contribution is -2.22. The minimum absolute atomic E-state index is 0.147. The standard InChI is InChI=1S/C25H23NO5/c1-5-30-23(28)17-14-15-10-12-20(27)16(22(15)31-24(17)29)11-13-21-25(2,3)18-8-6-7-9-19(18)26(21)4/h6-14H,5H2,1-4H3. The molecule has 1 aliphatic carbocycles. The maximum atomic E-state index is 12.6. The molecule has 0 saturated heterocycles. The van der Waals surface area contributed by atoms with Gasteiger partial charge in [-0.05, 0) is 48.9 Å². The van der Waals surface area contributed by atoms with Gasteiger partial charge in [-0.25, -0.2) is 9.59 Å². The van der Waals surface area contributed by atoms with E-state index in [-0.39, 0.29) is 34.7 Å². The first-order valence-electron chi connectivity index (χ1n) is 10.1. The Hall–Kier alpha value is -3.67. The van der Waals surface area contributed by atoms with E-state index in [1.807, 2.05) is 25.3 Å². The fourth-order valence-corrected chi connectivity index (χ4v) is 4.16. The summed E-state index contributed by atoms with van der Waals surface area (Å²) in [7, 11) is 1.99. The topological polar surface area (TPSA) is 76.8 Å². The molecule has 2 aromatic rings. The quantitative estimate of drug-likeness (QED) is 0.553. The number of allylic oxidation sites excluding steroid dienone is 5. The minimum Gasteiger partial charge on any atom is -0.462 e. The summed E-state index contributed by atoms with van der Waals surface area (Å²) in [4.78, 5) is 39.1. The van der Waals surface area contributed by atoms with Gasteiger partial charge in [0.1, 0.15) is 11.3 Å². The fraction of sp³-hybridized carbons (Fsp3) is 0.240. The molecule has 0 spiro atoms. The molecule has 0 fully saturated rings. The van der Waals surface area contributed by atoms with Crippen molar-refractivity contribution in [2.45, 2.75) is 26.2 Å². The number of anilines is 1. The van der Waals surface area contributed by atoms with Crippen LogP contribution in [-0.2, 0) is 14.9 Å². The third-order valence-electron chi connectivity index (χ3n) is 5.74. The Labute approximate surface area is 180 Å². The number of nitrogens with zero attached hydrogens (tertiary/aromatic N) is 1. The van der Waals surface area contributed by atoms with Crippen LogP contribution in [0.4, 0.5) is 5.69 Å². The predicted molar refractivity (Wildman–Crippen MR) is 119 cm³/mol. The van der Waals surface area contributed by atoms with Crippen LogP contribution in [0.2, 0.25) is 0 Å². The van der Waals surface area contributed by atoms with Gasteiger partial charge in [0.15, 0.2) is 5.78 Å². The number of hydrogen-bond donors (Lipinski definition) is 0. The molecule has 0 saturated carbocycles. The van der Waals surface area contributed by atoms with Crippen molar-refractivity contribution in [3.63, 3.8) is 0 Å². The summed E-state index contributed by atoms with van der Waals surface area (Å²) >= 11 is 0. The van der Waals surface area contributed by atoms with Crippen LogP contribution in [0.5, 0.6) is 0 Å². The number of likely N-dealkylation sites (N-methyl/N-ethyl adjacent to an activating group) is 1. The van der Waals surface area contributed by atoms with Crippen LogP contribution in [0.25, 0.3) is 11.6 Å². The Morgan fingerprint density at radius 2 is 1.90 bits per heavy atom. The Kier molecular flexibility index (Phi) is 5.01. The third-order valence-corrected chi connectivity index (χ3v) is 5.74. The van der Waals surface area contributed by atoms with Crippen LogP contribution in [0.15, 0.2) is 63.5 Å². The molecule has 31 heavy (non-hydrogen) atoms. The van der Waals surface area contributed by atoms with Gasteiger partial charge in [-0.15, -0.1) is 0 Å². The number of carbonyl (C=O) groups excluding carboxylic acids is 2. The van der Waals surface area contributed by atoms with Gasteiger partial charge in [0.05, 0.1) is 12.2 Å². The Bertz CT molecular complexity index is 1240. The lowest BCUT2D eigenvalue weighted by atomic mass is 9.83. The number of benzene rings is 1. The van der Waals surface area contributed by atoms with Crippen molar-refractivity contribution in [3.8, 4) is 0 Å². The van der Waals surface area contributed by atoms with Crippen LogP contribution >= 0.6 is 0 Å². The van der Waals surface area contributed by atoms with E-state index in [4.69, 9.17) is 9.15 Å². The third kappa shape index (κ3) is 3.34. The molecule has 1 aliphatic heterocycles. The molecular formula is C25H23NO5. The summed E-state index contributed by atoms with van der Waals surface area (Å²) in [5.74, 6) is -0.866. The van der Waals surface area contributed by atoms with Crippen molar-refractivity contribution in [3.05, 3.63) is 87.1 Å².